The number of carbonyl (C=O) groups is 1. The molecule has 0 bridgehead atoms. The van der Waals surface area contributed by atoms with Gasteiger partial charge in [0.15, 0.2) is 0 Å². The number of aromatic nitrogens is 1. The first-order valence-corrected chi connectivity index (χ1v) is 5.87. The van der Waals surface area contributed by atoms with Crippen molar-refractivity contribution in [3.05, 3.63) is 30.5 Å². The summed E-state index contributed by atoms with van der Waals surface area (Å²) in [7, 11) is 4.81. The van der Waals surface area contributed by atoms with Gasteiger partial charge in [-0.05, 0) is 12.1 Å². The van der Waals surface area contributed by atoms with Crippen molar-refractivity contribution in [2.45, 2.75) is 0 Å². The minimum absolute atomic E-state index is 0.153. The lowest BCUT2D eigenvalue weighted by atomic mass is 10.1. The Labute approximate surface area is 111 Å². The standard InChI is InChI=1S/C14H16N2O3/c1-16(9-13(17)19-3)14-11-5-4-6-12(18-2)10(11)7-8-15-14/h4-8H,9H2,1-3H3. The van der Waals surface area contributed by atoms with E-state index in [-0.39, 0.29) is 12.5 Å². The molecule has 0 N–H and O–H groups in total. The molecule has 5 nitrogen and oxygen atoms in total. The smallest absolute Gasteiger partial charge is 0.325 e. The van der Waals surface area contributed by atoms with Crippen LogP contribution in [-0.4, -0.2) is 38.8 Å². The van der Waals surface area contributed by atoms with Crippen molar-refractivity contribution < 1.29 is 14.3 Å². The van der Waals surface area contributed by atoms with Crippen molar-refractivity contribution in [2.24, 2.45) is 0 Å². The molecule has 19 heavy (non-hydrogen) atoms. The zero-order valence-electron chi connectivity index (χ0n) is 11.2. The maximum atomic E-state index is 11.3. The van der Waals surface area contributed by atoms with Crippen LogP contribution in [0.25, 0.3) is 10.8 Å². The molecule has 0 saturated heterocycles. The van der Waals surface area contributed by atoms with Crippen LogP contribution in [0.3, 0.4) is 0 Å². The van der Waals surface area contributed by atoms with Gasteiger partial charge in [-0.15, -0.1) is 0 Å². The van der Waals surface area contributed by atoms with E-state index < -0.39 is 0 Å². The Morgan fingerprint density at radius 1 is 1.26 bits per heavy atom. The SMILES string of the molecule is COC(=O)CN(C)c1nccc2c(OC)cccc12. The van der Waals surface area contributed by atoms with E-state index >= 15 is 0 Å². The average molecular weight is 260 g/mol. The van der Waals surface area contributed by atoms with E-state index in [0.29, 0.717) is 0 Å². The van der Waals surface area contributed by atoms with Crippen LogP contribution in [0.15, 0.2) is 30.5 Å². The van der Waals surface area contributed by atoms with Gasteiger partial charge in [0, 0.05) is 24.0 Å². The Morgan fingerprint density at radius 2 is 2.05 bits per heavy atom. The summed E-state index contributed by atoms with van der Waals surface area (Å²) in [6, 6.07) is 7.64. The molecule has 0 aliphatic rings. The van der Waals surface area contributed by atoms with E-state index in [1.165, 1.54) is 7.11 Å². The molecule has 5 heteroatoms. The van der Waals surface area contributed by atoms with E-state index in [1.54, 1.807) is 25.3 Å². The van der Waals surface area contributed by atoms with Crippen LogP contribution in [0, 0.1) is 0 Å². The first-order chi connectivity index (χ1) is 9.17. The maximum Gasteiger partial charge on any atom is 0.325 e. The zero-order valence-corrected chi connectivity index (χ0v) is 11.2. The van der Waals surface area contributed by atoms with Crippen molar-refractivity contribution in [3.63, 3.8) is 0 Å². The van der Waals surface area contributed by atoms with Crippen LogP contribution in [0.1, 0.15) is 0 Å². The zero-order chi connectivity index (χ0) is 13.8. The van der Waals surface area contributed by atoms with Crippen molar-refractivity contribution in [3.8, 4) is 5.75 Å². The van der Waals surface area contributed by atoms with Gasteiger partial charge < -0.3 is 14.4 Å². The molecular weight excluding hydrogens is 244 g/mol. The van der Waals surface area contributed by atoms with E-state index in [0.717, 1.165) is 22.3 Å². The number of benzene rings is 1. The average Bonchev–Trinajstić information content (AvgIpc) is 2.45. The van der Waals surface area contributed by atoms with Gasteiger partial charge in [0.25, 0.3) is 0 Å². The largest absolute Gasteiger partial charge is 0.496 e. The number of methoxy groups -OCH3 is 2. The molecule has 0 aliphatic heterocycles. The Balaban J connectivity index is 2.46. The number of nitrogens with zero attached hydrogens (tertiary/aromatic N) is 2. The minimum Gasteiger partial charge on any atom is -0.496 e. The molecule has 100 valence electrons. The van der Waals surface area contributed by atoms with Crippen molar-refractivity contribution in [1.29, 1.82) is 0 Å². The molecule has 0 amide bonds. The van der Waals surface area contributed by atoms with E-state index in [2.05, 4.69) is 9.72 Å². The van der Waals surface area contributed by atoms with E-state index in [4.69, 9.17) is 4.74 Å². The molecule has 1 heterocycles. The molecule has 2 aromatic rings. The second-order valence-electron chi connectivity index (χ2n) is 4.12. The normalized spacial score (nSPS) is 10.3. The molecule has 1 aromatic heterocycles. The molecule has 0 unspecified atom stereocenters. The molecule has 0 atom stereocenters. The topological polar surface area (TPSA) is 51.7 Å². The monoisotopic (exact) mass is 260 g/mol. The molecule has 0 saturated carbocycles. The quantitative estimate of drug-likeness (QED) is 0.785. The van der Waals surface area contributed by atoms with Gasteiger partial charge in [-0.3, -0.25) is 4.79 Å². The fraction of sp³-hybridized carbons (Fsp3) is 0.286. The van der Waals surface area contributed by atoms with Gasteiger partial charge in [0.2, 0.25) is 0 Å². The summed E-state index contributed by atoms with van der Waals surface area (Å²) >= 11 is 0. The highest BCUT2D eigenvalue weighted by atomic mass is 16.5. The lowest BCUT2D eigenvalue weighted by molar-refractivity contribution is -0.138. The lowest BCUT2D eigenvalue weighted by Crippen LogP contribution is -2.27. The highest BCUT2D eigenvalue weighted by Gasteiger charge is 2.13. The van der Waals surface area contributed by atoms with Crippen LogP contribution < -0.4 is 9.64 Å². The molecule has 2 rings (SSSR count). The van der Waals surface area contributed by atoms with Crippen LogP contribution in [0.2, 0.25) is 0 Å². The van der Waals surface area contributed by atoms with Gasteiger partial charge in [-0.25, -0.2) is 4.98 Å². The van der Waals surface area contributed by atoms with Crippen molar-refractivity contribution in [1.82, 2.24) is 4.98 Å². The summed E-state index contributed by atoms with van der Waals surface area (Å²) < 4.78 is 9.99. The van der Waals surface area contributed by atoms with Crippen molar-refractivity contribution >= 4 is 22.6 Å². The third-order valence-electron chi connectivity index (χ3n) is 2.92. The van der Waals surface area contributed by atoms with E-state index in [9.17, 15) is 4.79 Å². The number of hydrogen-bond donors (Lipinski definition) is 0. The summed E-state index contributed by atoms with van der Waals surface area (Å²) in [5.41, 5.74) is 0. The van der Waals surface area contributed by atoms with E-state index in [1.807, 2.05) is 24.3 Å². The number of pyridine rings is 1. The first-order valence-electron chi connectivity index (χ1n) is 5.87. The number of esters is 1. The second-order valence-corrected chi connectivity index (χ2v) is 4.12. The van der Waals surface area contributed by atoms with Crippen LogP contribution in [-0.2, 0) is 9.53 Å². The van der Waals surface area contributed by atoms with Crippen LogP contribution in [0.5, 0.6) is 5.75 Å². The number of anilines is 1. The van der Waals surface area contributed by atoms with Crippen LogP contribution >= 0.6 is 0 Å². The molecule has 1 aromatic carbocycles. The number of carbonyl (C=O) groups excluding carboxylic acids is 1. The third-order valence-corrected chi connectivity index (χ3v) is 2.92. The Bertz CT molecular complexity index is 598. The number of ether oxygens (including phenoxy) is 2. The molecule has 0 aliphatic carbocycles. The summed E-state index contributed by atoms with van der Waals surface area (Å²) in [5.74, 6) is 1.21. The van der Waals surface area contributed by atoms with Gasteiger partial charge in [0.1, 0.15) is 18.1 Å². The van der Waals surface area contributed by atoms with Gasteiger partial charge in [-0.2, -0.15) is 0 Å². The number of fused-ring (bicyclic) bond motifs is 1. The fourth-order valence-electron chi connectivity index (χ4n) is 1.98. The summed E-state index contributed by atoms with van der Waals surface area (Å²) in [5, 5.41) is 1.90. The summed E-state index contributed by atoms with van der Waals surface area (Å²) in [4.78, 5) is 17.4. The number of rotatable bonds is 4. The molecule has 0 radical (unpaired) electrons. The number of hydrogen-bond acceptors (Lipinski definition) is 5. The molecular formula is C14H16N2O3. The summed E-state index contributed by atoms with van der Waals surface area (Å²) in [6.45, 7) is 0.153. The lowest BCUT2D eigenvalue weighted by Gasteiger charge is -2.19. The predicted octanol–water partition coefficient (Wildman–Crippen LogP) is 1.85. The maximum absolute atomic E-state index is 11.3. The second kappa shape index (κ2) is 5.56. The summed E-state index contributed by atoms with van der Waals surface area (Å²) in [6.07, 6.45) is 1.70. The minimum atomic E-state index is -0.302. The highest BCUT2D eigenvalue weighted by Crippen LogP contribution is 2.30. The van der Waals surface area contributed by atoms with Crippen LogP contribution in [0.4, 0.5) is 5.82 Å². The number of likely N-dealkylation sites (N-methyl/N-ethyl adjacent to an activating group) is 1. The Kier molecular flexibility index (Phi) is 3.85. The molecule has 0 fully saturated rings. The van der Waals surface area contributed by atoms with Gasteiger partial charge in [-0.1, -0.05) is 12.1 Å². The first kappa shape index (κ1) is 13.1. The van der Waals surface area contributed by atoms with Gasteiger partial charge >= 0.3 is 5.97 Å². The van der Waals surface area contributed by atoms with Gasteiger partial charge in [0.05, 0.1) is 14.2 Å². The Morgan fingerprint density at radius 3 is 2.74 bits per heavy atom. The third kappa shape index (κ3) is 2.59. The predicted molar refractivity (Wildman–Crippen MR) is 73.6 cm³/mol. The van der Waals surface area contributed by atoms with Crippen molar-refractivity contribution in [2.75, 3.05) is 32.7 Å². The highest BCUT2D eigenvalue weighted by molar-refractivity contribution is 5.96. The Hall–Kier alpha value is -2.30. The fourth-order valence-corrected chi connectivity index (χ4v) is 1.98. The molecule has 0 spiro atoms.